The van der Waals surface area contributed by atoms with Crippen LogP contribution < -0.4 is 5.32 Å². The van der Waals surface area contributed by atoms with E-state index in [0.717, 1.165) is 11.8 Å². The molecule has 0 saturated carbocycles. The lowest BCUT2D eigenvalue weighted by atomic mass is 10.1. The lowest BCUT2D eigenvalue weighted by Gasteiger charge is -2.17. The van der Waals surface area contributed by atoms with E-state index in [2.05, 4.69) is 70.9 Å². The van der Waals surface area contributed by atoms with Crippen LogP contribution in [0.2, 0.25) is 0 Å². The van der Waals surface area contributed by atoms with Crippen molar-refractivity contribution in [1.82, 2.24) is 5.32 Å². The van der Waals surface area contributed by atoms with Crippen molar-refractivity contribution in [2.45, 2.75) is 31.1 Å². The number of hydrogen-bond donors (Lipinski definition) is 1. The second-order valence-corrected chi connectivity index (χ2v) is 6.97. The van der Waals surface area contributed by atoms with Crippen molar-refractivity contribution in [2.75, 3.05) is 12.3 Å². The van der Waals surface area contributed by atoms with Crippen molar-refractivity contribution in [3.8, 4) is 0 Å². The molecule has 1 heterocycles. The number of nitrogens with one attached hydrogen (secondary N) is 1. The van der Waals surface area contributed by atoms with E-state index in [4.69, 9.17) is 0 Å². The third-order valence-corrected chi connectivity index (χ3v) is 5.16. The van der Waals surface area contributed by atoms with E-state index < -0.39 is 0 Å². The first-order chi connectivity index (χ1) is 7.75. The second kappa shape index (κ2) is 6.26. The van der Waals surface area contributed by atoms with Crippen LogP contribution in [-0.4, -0.2) is 17.5 Å². The minimum atomic E-state index is 0.471. The minimum absolute atomic E-state index is 0.471. The van der Waals surface area contributed by atoms with Gasteiger partial charge in [-0.25, -0.2) is 0 Å². The summed E-state index contributed by atoms with van der Waals surface area (Å²) in [6.45, 7) is 3.40. The summed E-state index contributed by atoms with van der Waals surface area (Å²) in [5.41, 5.74) is 1.39. The fourth-order valence-electron chi connectivity index (χ4n) is 1.98. The van der Waals surface area contributed by atoms with Crippen molar-refractivity contribution in [3.63, 3.8) is 0 Å². The van der Waals surface area contributed by atoms with Gasteiger partial charge in [-0.3, -0.25) is 0 Å². The van der Waals surface area contributed by atoms with Gasteiger partial charge in [0.1, 0.15) is 0 Å². The van der Waals surface area contributed by atoms with E-state index >= 15 is 0 Å². The molecule has 16 heavy (non-hydrogen) atoms. The quantitative estimate of drug-likeness (QED) is 0.831. The number of benzene rings is 1. The zero-order chi connectivity index (χ0) is 11.4. The summed E-state index contributed by atoms with van der Waals surface area (Å²) < 4.78 is 1.31. The number of rotatable bonds is 4. The molecular formula is C13H18INS. The molecule has 2 unspecified atom stereocenters. The Hall–Kier alpha value is 0.260. The number of hydrogen-bond acceptors (Lipinski definition) is 2. The van der Waals surface area contributed by atoms with Gasteiger partial charge in [0.2, 0.25) is 0 Å². The van der Waals surface area contributed by atoms with Crippen molar-refractivity contribution in [1.29, 1.82) is 0 Å². The normalized spacial score (nSPS) is 22.2. The van der Waals surface area contributed by atoms with Gasteiger partial charge in [0.25, 0.3) is 0 Å². The molecule has 2 rings (SSSR count). The maximum atomic E-state index is 3.64. The largest absolute Gasteiger partial charge is 0.309 e. The first-order valence-corrected chi connectivity index (χ1v) is 7.99. The van der Waals surface area contributed by atoms with E-state index in [1.807, 2.05) is 0 Å². The zero-order valence-corrected chi connectivity index (χ0v) is 12.6. The van der Waals surface area contributed by atoms with Gasteiger partial charge in [-0.1, -0.05) is 12.1 Å². The first kappa shape index (κ1) is 12.7. The smallest absolute Gasteiger partial charge is 0.0292 e. The summed E-state index contributed by atoms with van der Waals surface area (Å²) in [5, 5.41) is 4.48. The number of halogens is 1. The molecule has 1 saturated heterocycles. The fourth-order valence-corrected chi connectivity index (χ4v) is 3.56. The average molecular weight is 347 g/mol. The molecule has 0 spiro atoms. The van der Waals surface area contributed by atoms with Crippen LogP contribution in [-0.2, 0) is 0 Å². The van der Waals surface area contributed by atoms with Crippen LogP contribution in [0.1, 0.15) is 31.4 Å². The monoisotopic (exact) mass is 347 g/mol. The summed E-state index contributed by atoms with van der Waals surface area (Å²) in [5.74, 6) is 1.35. The maximum Gasteiger partial charge on any atom is 0.0292 e. The Bertz CT molecular complexity index is 319. The molecule has 1 N–H and O–H groups in total. The Labute approximate surface area is 116 Å². The molecule has 1 fully saturated rings. The van der Waals surface area contributed by atoms with Crippen molar-refractivity contribution >= 4 is 34.4 Å². The van der Waals surface area contributed by atoms with Gasteiger partial charge >= 0.3 is 0 Å². The third kappa shape index (κ3) is 3.64. The fraction of sp³-hybridized carbons (Fsp3) is 0.538. The lowest BCUT2D eigenvalue weighted by molar-refractivity contribution is 0.559. The Kier molecular flexibility index (Phi) is 4.97. The number of thioether (sulfide) groups is 1. The van der Waals surface area contributed by atoms with Crippen LogP contribution in [0.4, 0.5) is 0 Å². The molecule has 1 aliphatic rings. The molecule has 88 valence electrons. The molecule has 1 aromatic carbocycles. The van der Waals surface area contributed by atoms with Crippen LogP contribution >= 0.6 is 34.4 Å². The summed E-state index contributed by atoms with van der Waals surface area (Å²) >= 11 is 4.47. The van der Waals surface area contributed by atoms with E-state index in [-0.39, 0.29) is 0 Å². The first-order valence-electron chi connectivity index (χ1n) is 5.86. The Morgan fingerprint density at radius 2 is 2.19 bits per heavy atom. The molecule has 1 nitrogen and oxygen atoms in total. The van der Waals surface area contributed by atoms with Gasteiger partial charge in [-0.2, -0.15) is 11.8 Å². The van der Waals surface area contributed by atoms with Crippen molar-refractivity contribution < 1.29 is 0 Å². The highest BCUT2D eigenvalue weighted by molar-refractivity contribution is 14.1. The van der Waals surface area contributed by atoms with E-state index in [1.165, 1.54) is 27.7 Å². The van der Waals surface area contributed by atoms with Gasteiger partial charge in [0, 0.05) is 21.4 Å². The van der Waals surface area contributed by atoms with E-state index in [9.17, 15) is 0 Å². The van der Waals surface area contributed by atoms with E-state index in [0.29, 0.717) is 6.04 Å². The average Bonchev–Trinajstić information content (AvgIpc) is 2.80. The predicted molar refractivity (Wildman–Crippen MR) is 81.1 cm³/mol. The second-order valence-electron chi connectivity index (χ2n) is 4.32. The lowest BCUT2D eigenvalue weighted by Crippen LogP contribution is -2.26. The van der Waals surface area contributed by atoms with Crippen LogP contribution in [0.5, 0.6) is 0 Å². The van der Waals surface area contributed by atoms with Gasteiger partial charge in [-0.05, 0) is 65.8 Å². The molecule has 0 amide bonds. The summed E-state index contributed by atoms with van der Waals surface area (Å²) in [7, 11) is 0. The summed E-state index contributed by atoms with van der Waals surface area (Å²) in [4.78, 5) is 0. The minimum Gasteiger partial charge on any atom is -0.309 e. The highest BCUT2D eigenvalue weighted by Crippen LogP contribution is 2.26. The molecule has 0 radical (unpaired) electrons. The van der Waals surface area contributed by atoms with Gasteiger partial charge < -0.3 is 5.32 Å². The molecule has 1 aliphatic heterocycles. The molecule has 3 heteroatoms. The zero-order valence-electron chi connectivity index (χ0n) is 9.58. The topological polar surface area (TPSA) is 12.0 Å². The maximum absolute atomic E-state index is 3.64. The molecule has 0 aliphatic carbocycles. The summed E-state index contributed by atoms with van der Waals surface area (Å²) in [6.07, 6.45) is 2.78. The van der Waals surface area contributed by atoms with Crippen molar-refractivity contribution in [3.05, 3.63) is 33.4 Å². The predicted octanol–water partition coefficient (Wildman–Crippen LogP) is 3.84. The molecular weight excluding hydrogens is 329 g/mol. The Morgan fingerprint density at radius 3 is 2.81 bits per heavy atom. The van der Waals surface area contributed by atoms with Gasteiger partial charge in [0.05, 0.1) is 0 Å². The third-order valence-electron chi connectivity index (χ3n) is 3.05. The summed E-state index contributed by atoms with van der Waals surface area (Å²) in [6, 6.07) is 9.28. The van der Waals surface area contributed by atoms with Crippen LogP contribution in [0.25, 0.3) is 0 Å². The highest BCUT2D eigenvalue weighted by Gasteiger charge is 2.16. The van der Waals surface area contributed by atoms with Crippen LogP contribution in [0.3, 0.4) is 0 Å². The van der Waals surface area contributed by atoms with Crippen LogP contribution in [0.15, 0.2) is 24.3 Å². The Balaban J connectivity index is 1.82. The Morgan fingerprint density at radius 1 is 1.44 bits per heavy atom. The molecule has 1 aromatic rings. The van der Waals surface area contributed by atoms with Gasteiger partial charge in [-0.15, -0.1) is 0 Å². The molecule has 0 bridgehead atoms. The SMILES string of the molecule is CC(NCC1CCCS1)c1ccc(I)cc1. The highest BCUT2D eigenvalue weighted by atomic mass is 127. The van der Waals surface area contributed by atoms with E-state index in [1.54, 1.807) is 0 Å². The van der Waals surface area contributed by atoms with Crippen molar-refractivity contribution in [2.24, 2.45) is 0 Å². The standard InChI is InChI=1S/C13H18INS/c1-10(11-4-6-12(14)7-5-11)15-9-13-3-2-8-16-13/h4-7,10,13,15H,2-3,8-9H2,1H3. The van der Waals surface area contributed by atoms with Crippen LogP contribution in [0, 0.1) is 3.57 Å². The molecule has 0 aromatic heterocycles. The molecule has 2 atom stereocenters. The van der Waals surface area contributed by atoms with Gasteiger partial charge in [0.15, 0.2) is 0 Å².